The Hall–Kier alpha value is -2.68. The minimum atomic E-state index is 0. The lowest BCUT2D eigenvalue weighted by Gasteiger charge is -2.32. The molecule has 2 aliphatic rings. The van der Waals surface area contributed by atoms with Gasteiger partial charge in [0.1, 0.15) is 17.3 Å². The molecule has 0 bridgehead atoms. The van der Waals surface area contributed by atoms with Crippen LogP contribution < -0.4 is 14.7 Å². The van der Waals surface area contributed by atoms with Gasteiger partial charge in [-0.15, -0.1) is 24.8 Å². The fraction of sp³-hybridized carbons (Fsp3) is 0.462. The minimum Gasteiger partial charge on any atom is -0.381 e. The Kier molecular flexibility index (Phi) is 9.70. The molecule has 0 aliphatic carbocycles. The molecule has 10 heteroatoms. The standard InChI is InChI=1S/C26H33N7O.2ClH/c1-31(2)26-22(27-20-8-4-5-9-21(20)28-26)10-11-23-29-24(32(3)19-12-16-34-17-13-19)18-25(30-23)33-14-6-7-15-33;;/h4-5,8-11,18-19H,6-7,12-17H2,1-3H3;2*1H. The number of hydrogen-bond donors (Lipinski definition) is 0. The van der Waals surface area contributed by atoms with E-state index in [1.54, 1.807) is 0 Å². The van der Waals surface area contributed by atoms with Gasteiger partial charge in [0.05, 0.1) is 11.0 Å². The second-order valence-corrected chi connectivity index (χ2v) is 9.24. The van der Waals surface area contributed by atoms with Crippen LogP contribution in [0.4, 0.5) is 17.5 Å². The zero-order chi connectivity index (χ0) is 23.5. The van der Waals surface area contributed by atoms with Crippen molar-refractivity contribution in [3.8, 4) is 0 Å². The highest BCUT2D eigenvalue weighted by Gasteiger charge is 2.22. The van der Waals surface area contributed by atoms with Crippen LogP contribution in [0, 0.1) is 0 Å². The third-order valence-electron chi connectivity index (χ3n) is 6.64. The number of ether oxygens (including phenoxy) is 1. The third kappa shape index (κ3) is 6.17. The number of fused-ring (bicyclic) bond motifs is 1. The first-order chi connectivity index (χ1) is 16.6. The summed E-state index contributed by atoms with van der Waals surface area (Å²) < 4.78 is 5.57. The van der Waals surface area contributed by atoms with Gasteiger partial charge >= 0.3 is 0 Å². The van der Waals surface area contributed by atoms with Gasteiger partial charge in [-0.25, -0.2) is 19.9 Å². The Morgan fingerprint density at radius 3 is 2.22 bits per heavy atom. The largest absolute Gasteiger partial charge is 0.381 e. The summed E-state index contributed by atoms with van der Waals surface area (Å²) in [5, 5.41) is 0. The number of aromatic nitrogens is 4. The van der Waals surface area contributed by atoms with Gasteiger partial charge < -0.3 is 19.4 Å². The van der Waals surface area contributed by atoms with Crippen LogP contribution in [0.5, 0.6) is 0 Å². The van der Waals surface area contributed by atoms with Crippen molar-refractivity contribution in [2.24, 2.45) is 0 Å². The van der Waals surface area contributed by atoms with Crippen LogP contribution in [-0.4, -0.2) is 73.4 Å². The van der Waals surface area contributed by atoms with Crippen molar-refractivity contribution in [3.63, 3.8) is 0 Å². The number of hydrogen-bond acceptors (Lipinski definition) is 8. The van der Waals surface area contributed by atoms with E-state index in [4.69, 9.17) is 24.7 Å². The van der Waals surface area contributed by atoms with E-state index < -0.39 is 0 Å². The van der Waals surface area contributed by atoms with E-state index in [-0.39, 0.29) is 24.8 Å². The van der Waals surface area contributed by atoms with Crippen molar-refractivity contribution in [3.05, 3.63) is 41.9 Å². The Balaban J connectivity index is 0.00000180. The maximum absolute atomic E-state index is 5.57. The van der Waals surface area contributed by atoms with Crippen LogP contribution in [-0.2, 0) is 4.74 Å². The topological polar surface area (TPSA) is 70.5 Å². The summed E-state index contributed by atoms with van der Waals surface area (Å²) >= 11 is 0. The van der Waals surface area contributed by atoms with E-state index in [0.717, 1.165) is 73.3 Å². The molecule has 2 saturated heterocycles. The lowest BCUT2D eigenvalue weighted by atomic mass is 10.1. The Bertz CT molecular complexity index is 1180. The predicted octanol–water partition coefficient (Wildman–Crippen LogP) is 4.72. The molecule has 0 spiro atoms. The maximum atomic E-state index is 5.57. The Morgan fingerprint density at radius 1 is 0.889 bits per heavy atom. The molecule has 4 heterocycles. The molecule has 0 atom stereocenters. The van der Waals surface area contributed by atoms with E-state index in [1.165, 1.54) is 12.8 Å². The first kappa shape index (κ1) is 27.9. The zero-order valence-corrected chi connectivity index (χ0v) is 22.8. The van der Waals surface area contributed by atoms with E-state index in [2.05, 4.69) is 22.9 Å². The Morgan fingerprint density at radius 2 is 1.56 bits per heavy atom. The van der Waals surface area contributed by atoms with Crippen molar-refractivity contribution in [2.45, 2.75) is 31.7 Å². The molecule has 36 heavy (non-hydrogen) atoms. The number of rotatable bonds is 6. The fourth-order valence-corrected chi connectivity index (χ4v) is 4.66. The minimum absolute atomic E-state index is 0. The first-order valence-electron chi connectivity index (χ1n) is 12.2. The third-order valence-corrected chi connectivity index (χ3v) is 6.64. The molecule has 8 nitrogen and oxygen atoms in total. The van der Waals surface area contributed by atoms with Crippen molar-refractivity contribution in [1.29, 1.82) is 0 Å². The molecule has 2 aliphatic heterocycles. The average Bonchev–Trinajstić information content (AvgIpc) is 3.42. The quantitative estimate of drug-likeness (QED) is 0.452. The normalized spacial score (nSPS) is 16.1. The molecule has 0 saturated carbocycles. The number of benzene rings is 1. The van der Waals surface area contributed by atoms with Crippen molar-refractivity contribution < 1.29 is 4.74 Å². The van der Waals surface area contributed by atoms with E-state index in [9.17, 15) is 0 Å². The summed E-state index contributed by atoms with van der Waals surface area (Å²) in [6, 6.07) is 10.5. The highest BCUT2D eigenvalue weighted by molar-refractivity contribution is 5.85. The van der Waals surface area contributed by atoms with Gasteiger partial charge in [0.25, 0.3) is 0 Å². The monoisotopic (exact) mass is 531 g/mol. The summed E-state index contributed by atoms with van der Waals surface area (Å²) in [4.78, 5) is 26.2. The number of halogens is 2. The van der Waals surface area contributed by atoms with Gasteiger partial charge in [-0.2, -0.15) is 0 Å². The van der Waals surface area contributed by atoms with Crippen molar-refractivity contribution >= 4 is 65.5 Å². The molecule has 0 unspecified atom stereocenters. The fourth-order valence-electron chi connectivity index (χ4n) is 4.66. The van der Waals surface area contributed by atoms with Crippen molar-refractivity contribution in [1.82, 2.24) is 19.9 Å². The Labute approximate surface area is 225 Å². The van der Waals surface area contributed by atoms with Crippen LogP contribution in [0.15, 0.2) is 30.3 Å². The van der Waals surface area contributed by atoms with Crippen molar-refractivity contribution in [2.75, 3.05) is 62.1 Å². The molecule has 194 valence electrons. The van der Waals surface area contributed by atoms with Gasteiger partial charge in [0, 0.05) is 59.6 Å². The summed E-state index contributed by atoms with van der Waals surface area (Å²) in [6.45, 7) is 3.70. The van der Waals surface area contributed by atoms with Crippen LogP contribution in [0.2, 0.25) is 0 Å². The molecular formula is C26H35Cl2N7O. The first-order valence-corrected chi connectivity index (χ1v) is 12.2. The second-order valence-electron chi connectivity index (χ2n) is 9.24. The summed E-state index contributed by atoms with van der Waals surface area (Å²) in [7, 11) is 6.11. The lowest BCUT2D eigenvalue weighted by Crippen LogP contribution is -2.37. The van der Waals surface area contributed by atoms with E-state index in [0.29, 0.717) is 11.9 Å². The molecule has 2 aromatic heterocycles. The number of anilines is 3. The van der Waals surface area contributed by atoms with Crippen LogP contribution in [0.1, 0.15) is 37.2 Å². The molecule has 0 amide bonds. The van der Waals surface area contributed by atoms with Gasteiger partial charge in [-0.05, 0) is 50.0 Å². The predicted molar refractivity (Wildman–Crippen MR) is 153 cm³/mol. The van der Waals surface area contributed by atoms with Crippen LogP contribution in [0.25, 0.3) is 23.2 Å². The second kappa shape index (κ2) is 12.5. The SMILES string of the molecule is CN(C)c1nc2ccccc2nc1C=Cc1nc(N2CCCC2)cc(N(C)C2CCOCC2)n1.Cl.Cl. The molecule has 0 radical (unpaired) electrons. The highest BCUT2D eigenvalue weighted by atomic mass is 35.5. The molecule has 0 N–H and O–H groups in total. The smallest absolute Gasteiger partial charge is 0.156 e. The summed E-state index contributed by atoms with van der Waals surface area (Å²) in [5.74, 6) is 3.47. The molecular weight excluding hydrogens is 497 g/mol. The van der Waals surface area contributed by atoms with Gasteiger partial charge in [0.2, 0.25) is 0 Å². The average molecular weight is 533 g/mol. The van der Waals surface area contributed by atoms with Gasteiger partial charge in [-0.1, -0.05) is 12.1 Å². The van der Waals surface area contributed by atoms with Gasteiger partial charge in [0.15, 0.2) is 11.6 Å². The van der Waals surface area contributed by atoms with E-state index >= 15 is 0 Å². The van der Waals surface area contributed by atoms with Crippen LogP contribution >= 0.6 is 24.8 Å². The summed E-state index contributed by atoms with van der Waals surface area (Å²) in [5.41, 5.74) is 2.56. The van der Waals surface area contributed by atoms with E-state index in [1.807, 2.05) is 55.4 Å². The molecule has 5 rings (SSSR count). The molecule has 1 aromatic carbocycles. The molecule has 3 aromatic rings. The zero-order valence-electron chi connectivity index (χ0n) is 21.1. The number of nitrogens with zero attached hydrogens (tertiary/aromatic N) is 7. The van der Waals surface area contributed by atoms with Crippen LogP contribution in [0.3, 0.4) is 0 Å². The van der Waals surface area contributed by atoms with Gasteiger partial charge in [-0.3, -0.25) is 0 Å². The summed E-state index contributed by atoms with van der Waals surface area (Å²) in [6.07, 6.45) is 8.40. The number of para-hydroxylation sites is 2. The molecule has 2 fully saturated rings. The highest BCUT2D eigenvalue weighted by Crippen LogP contribution is 2.27. The maximum Gasteiger partial charge on any atom is 0.156 e. The lowest BCUT2D eigenvalue weighted by molar-refractivity contribution is 0.0853.